The second kappa shape index (κ2) is 8.14. The molecule has 1 amide bonds. The lowest BCUT2D eigenvalue weighted by Gasteiger charge is -2.26. The van der Waals surface area contributed by atoms with Gasteiger partial charge in [0.25, 0.3) is 0 Å². The molecule has 1 fully saturated rings. The van der Waals surface area contributed by atoms with Gasteiger partial charge in [-0.25, -0.2) is 4.52 Å². The van der Waals surface area contributed by atoms with E-state index >= 15 is 0 Å². The number of carbonyl (C=O) groups is 1. The Morgan fingerprint density at radius 2 is 1.97 bits per heavy atom. The summed E-state index contributed by atoms with van der Waals surface area (Å²) in [4.78, 5) is 19.0. The van der Waals surface area contributed by atoms with Gasteiger partial charge in [0, 0.05) is 24.4 Å². The molecule has 30 heavy (non-hydrogen) atoms. The predicted octanol–water partition coefficient (Wildman–Crippen LogP) is 4.08. The Labute approximate surface area is 180 Å². The van der Waals surface area contributed by atoms with Gasteiger partial charge in [-0.1, -0.05) is 23.7 Å². The maximum Gasteiger partial charge on any atom is 0.242 e. The fraction of sp³-hybridized carbons (Fsp3) is 0.409. The highest BCUT2D eigenvalue weighted by molar-refractivity contribution is 6.29. The van der Waals surface area contributed by atoms with Gasteiger partial charge < -0.3 is 14.4 Å². The monoisotopic (exact) mass is 428 g/mol. The highest BCUT2D eigenvalue weighted by Crippen LogP contribution is 2.33. The molecule has 0 saturated carbocycles. The number of methoxy groups -OCH3 is 1. The summed E-state index contributed by atoms with van der Waals surface area (Å²) in [5.74, 6) is 1.43. The standard InChI is InChI=1S/C22H25ClN4O3/c1-13-10-24-27-12-19(23)25-22(21(13)27)30-15(3)17-9-20(28)26(11-17)14(2)16-5-7-18(29-4)8-6-16/h5-8,10,12,14-15,17H,9,11H2,1-4H3/t14-,15-,17-/m1/s1. The van der Waals surface area contributed by atoms with Gasteiger partial charge in [0.15, 0.2) is 5.15 Å². The van der Waals surface area contributed by atoms with Crippen LogP contribution in [0.15, 0.2) is 36.7 Å². The Morgan fingerprint density at radius 3 is 2.67 bits per heavy atom. The minimum atomic E-state index is -0.203. The van der Waals surface area contributed by atoms with Crippen LogP contribution in [0.5, 0.6) is 11.6 Å². The third-order valence-electron chi connectivity index (χ3n) is 5.83. The van der Waals surface area contributed by atoms with Crippen molar-refractivity contribution in [2.75, 3.05) is 13.7 Å². The molecule has 158 valence electrons. The molecule has 1 saturated heterocycles. The fourth-order valence-corrected chi connectivity index (χ4v) is 4.13. The molecule has 3 heterocycles. The fourth-order valence-electron chi connectivity index (χ4n) is 3.96. The number of halogens is 1. The van der Waals surface area contributed by atoms with Crippen LogP contribution in [0.1, 0.15) is 37.4 Å². The number of hydrogen-bond donors (Lipinski definition) is 0. The largest absolute Gasteiger partial charge is 0.497 e. The van der Waals surface area contributed by atoms with Crippen molar-refractivity contribution >= 4 is 23.0 Å². The second-order valence-electron chi connectivity index (χ2n) is 7.77. The van der Waals surface area contributed by atoms with E-state index in [1.165, 1.54) is 0 Å². The molecule has 0 N–H and O–H groups in total. The highest BCUT2D eigenvalue weighted by Gasteiger charge is 2.37. The second-order valence-corrected chi connectivity index (χ2v) is 8.16. The van der Waals surface area contributed by atoms with E-state index in [0.29, 0.717) is 24.0 Å². The lowest BCUT2D eigenvalue weighted by atomic mass is 10.0. The first-order chi connectivity index (χ1) is 14.4. The molecule has 2 aromatic heterocycles. The maximum atomic E-state index is 12.8. The van der Waals surface area contributed by atoms with Gasteiger partial charge in [0.05, 0.1) is 25.5 Å². The van der Waals surface area contributed by atoms with Crippen molar-refractivity contribution < 1.29 is 14.3 Å². The average molecular weight is 429 g/mol. The van der Waals surface area contributed by atoms with Crippen molar-refractivity contribution in [3.63, 3.8) is 0 Å². The normalized spacial score (nSPS) is 18.6. The quantitative estimate of drug-likeness (QED) is 0.591. The topological polar surface area (TPSA) is 69.0 Å². The lowest BCUT2D eigenvalue weighted by Crippen LogP contribution is -2.31. The van der Waals surface area contributed by atoms with Crippen LogP contribution >= 0.6 is 11.6 Å². The first-order valence-electron chi connectivity index (χ1n) is 9.98. The summed E-state index contributed by atoms with van der Waals surface area (Å²) in [6.07, 6.45) is 3.64. The average Bonchev–Trinajstić information content (AvgIpc) is 3.30. The van der Waals surface area contributed by atoms with E-state index in [1.54, 1.807) is 24.0 Å². The van der Waals surface area contributed by atoms with Crippen LogP contribution in [-0.4, -0.2) is 45.2 Å². The van der Waals surface area contributed by atoms with E-state index < -0.39 is 0 Å². The van der Waals surface area contributed by atoms with Gasteiger partial charge in [-0.3, -0.25) is 4.79 Å². The predicted molar refractivity (Wildman–Crippen MR) is 114 cm³/mol. The molecule has 8 heteroatoms. The van der Waals surface area contributed by atoms with E-state index in [4.69, 9.17) is 21.1 Å². The number of hydrogen-bond acceptors (Lipinski definition) is 5. The molecule has 3 atom stereocenters. The van der Waals surface area contributed by atoms with Crippen molar-refractivity contribution in [2.24, 2.45) is 5.92 Å². The first kappa shape index (κ1) is 20.5. The van der Waals surface area contributed by atoms with Crippen molar-refractivity contribution in [2.45, 2.75) is 39.3 Å². The smallest absolute Gasteiger partial charge is 0.242 e. The van der Waals surface area contributed by atoms with Crippen molar-refractivity contribution in [3.8, 4) is 11.6 Å². The molecule has 0 bridgehead atoms. The third-order valence-corrected chi connectivity index (χ3v) is 6.02. The van der Waals surface area contributed by atoms with Gasteiger partial charge in [-0.15, -0.1) is 0 Å². The van der Waals surface area contributed by atoms with Crippen LogP contribution in [0.25, 0.3) is 5.52 Å². The van der Waals surface area contributed by atoms with Crippen LogP contribution in [0.3, 0.4) is 0 Å². The molecule has 4 rings (SSSR count). The third kappa shape index (κ3) is 3.81. The van der Waals surface area contributed by atoms with E-state index in [9.17, 15) is 4.79 Å². The number of amides is 1. The van der Waals surface area contributed by atoms with E-state index in [2.05, 4.69) is 10.1 Å². The van der Waals surface area contributed by atoms with Crippen LogP contribution in [0.4, 0.5) is 0 Å². The number of ether oxygens (including phenoxy) is 2. The zero-order valence-corrected chi connectivity index (χ0v) is 18.3. The Morgan fingerprint density at radius 1 is 1.23 bits per heavy atom. The number of aryl methyl sites for hydroxylation is 1. The van der Waals surface area contributed by atoms with Gasteiger partial charge >= 0.3 is 0 Å². The minimum Gasteiger partial charge on any atom is -0.497 e. The number of likely N-dealkylation sites (tertiary alicyclic amines) is 1. The molecule has 0 radical (unpaired) electrons. The van der Waals surface area contributed by atoms with Crippen LogP contribution in [-0.2, 0) is 4.79 Å². The van der Waals surface area contributed by atoms with E-state index in [1.807, 2.05) is 49.9 Å². The molecule has 0 spiro atoms. The highest BCUT2D eigenvalue weighted by atomic mass is 35.5. The number of aromatic nitrogens is 3. The van der Waals surface area contributed by atoms with Crippen LogP contribution < -0.4 is 9.47 Å². The number of carbonyl (C=O) groups excluding carboxylic acids is 1. The summed E-state index contributed by atoms with van der Waals surface area (Å²) < 4.78 is 13.1. The van der Waals surface area contributed by atoms with Gasteiger partial charge in [0.2, 0.25) is 11.8 Å². The number of fused-ring (bicyclic) bond motifs is 1. The van der Waals surface area contributed by atoms with E-state index in [0.717, 1.165) is 22.4 Å². The molecular formula is C22H25ClN4O3. The summed E-state index contributed by atoms with van der Waals surface area (Å²) >= 11 is 6.13. The molecule has 1 aromatic carbocycles. The Kier molecular flexibility index (Phi) is 5.56. The zero-order chi connectivity index (χ0) is 21.4. The molecular weight excluding hydrogens is 404 g/mol. The van der Waals surface area contributed by atoms with Crippen LogP contribution in [0.2, 0.25) is 5.15 Å². The number of benzene rings is 1. The summed E-state index contributed by atoms with van der Waals surface area (Å²) in [7, 11) is 1.64. The Hall–Kier alpha value is -2.80. The Balaban J connectivity index is 1.49. The van der Waals surface area contributed by atoms with Gasteiger partial charge in [0.1, 0.15) is 17.4 Å². The molecule has 1 aliphatic heterocycles. The van der Waals surface area contributed by atoms with E-state index in [-0.39, 0.29) is 24.0 Å². The summed E-state index contributed by atoms with van der Waals surface area (Å²) in [5.41, 5.74) is 2.82. The Bertz CT molecular complexity index is 1070. The molecule has 1 aliphatic rings. The van der Waals surface area contributed by atoms with Crippen LogP contribution in [0, 0.1) is 12.8 Å². The molecule has 7 nitrogen and oxygen atoms in total. The summed E-state index contributed by atoms with van der Waals surface area (Å²) in [6, 6.07) is 7.81. The molecule has 0 unspecified atom stereocenters. The zero-order valence-electron chi connectivity index (χ0n) is 17.5. The first-order valence-corrected chi connectivity index (χ1v) is 10.4. The minimum absolute atomic E-state index is 0.0197. The lowest BCUT2D eigenvalue weighted by molar-refractivity contribution is -0.129. The van der Waals surface area contributed by atoms with Gasteiger partial charge in [-0.2, -0.15) is 10.1 Å². The molecule has 3 aromatic rings. The van der Waals surface area contributed by atoms with Crippen molar-refractivity contribution in [1.82, 2.24) is 19.5 Å². The van der Waals surface area contributed by atoms with Crippen molar-refractivity contribution in [1.29, 1.82) is 0 Å². The SMILES string of the molecule is COc1ccc([C@@H](C)N2C[C@H]([C@@H](C)Oc3nc(Cl)cn4ncc(C)c34)CC2=O)cc1. The maximum absolute atomic E-state index is 12.8. The number of rotatable bonds is 6. The number of nitrogens with zero attached hydrogens (tertiary/aromatic N) is 4. The molecule has 0 aliphatic carbocycles. The summed E-state index contributed by atoms with van der Waals surface area (Å²) in [6.45, 7) is 6.60. The van der Waals surface area contributed by atoms with Gasteiger partial charge in [-0.05, 0) is 38.5 Å². The summed E-state index contributed by atoms with van der Waals surface area (Å²) in [5, 5.41) is 4.59. The van der Waals surface area contributed by atoms with Crippen molar-refractivity contribution in [3.05, 3.63) is 52.9 Å².